The van der Waals surface area contributed by atoms with E-state index in [1.165, 1.54) is 12.6 Å². The third-order valence-electron chi connectivity index (χ3n) is 3.87. The van der Waals surface area contributed by atoms with Crippen LogP contribution in [0.5, 0.6) is 0 Å². The number of anilines is 1. The topological polar surface area (TPSA) is 111 Å². The Hall–Kier alpha value is -3.16. The summed E-state index contributed by atoms with van der Waals surface area (Å²) in [6, 6.07) is 4.11. The first-order valence-electron chi connectivity index (χ1n) is 9.37. The number of hydrogen-bond donors (Lipinski definition) is 2. The van der Waals surface area contributed by atoms with Crippen molar-refractivity contribution in [3.8, 4) is 11.3 Å². The first-order valence-corrected chi connectivity index (χ1v) is 9.37. The maximum Gasteiger partial charge on any atom is 0.408 e. The molecule has 29 heavy (non-hydrogen) atoms. The van der Waals surface area contributed by atoms with Crippen molar-refractivity contribution in [2.75, 3.05) is 5.32 Å². The highest BCUT2D eigenvalue weighted by Gasteiger charge is 2.25. The van der Waals surface area contributed by atoms with E-state index >= 15 is 0 Å². The average molecular weight is 401 g/mol. The van der Waals surface area contributed by atoms with E-state index in [0.717, 1.165) is 0 Å². The van der Waals surface area contributed by atoms with E-state index in [-0.39, 0.29) is 11.5 Å². The molecule has 0 saturated heterocycles. The number of oxazole rings is 1. The maximum absolute atomic E-state index is 12.8. The summed E-state index contributed by atoms with van der Waals surface area (Å²) in [5.41, 5.74) is 0.610. The number of amides is 2. The summed E-state index contributed by atoms with van der Waals surface area (Å²) in [7, 11) is 0. The van der Waals surface area contributed by atoms with Crippen molar-refractivity contribution in [2.45, 2.75) is 52.7 Å². The lowest BCUT2D eigenvalue weighted by Gasteiger charge is -2.24. The number of alkyl carbamates (subject to hydrolysis) is 1. The summed E-state index contributed by atoms with van der Waals surface area (Å²) >= 11 is 0. The second-order valence-electron chi connectivity index (χ2n) is 8.10. The zero-order valence-electron chi connectivity index (χ0n) is 17.3. The van der Waals surface area contributed by atoms with Crippen molar-refractivity contribution in [3.63, 3.8) is 0 Å². The molecule has 0 bridgehead atoms. The number of ether oxygens (including phenoxy) is 1. The summed E-state index contributed by atoms with van der Waals surface area (Å²) in [6.45, 7) is 9.13. The van der Waals surface area contributed by atoms with Gasteiger partial charge in [-0.15, -0.1) is 0 Å². The molecule has 156 valence electrons. The van der Waals surface area contributed by atoms with Gasteiger partial charge >= 0.3 is 6.09 Å². The van der Waals surface area contributed by atoms with E-state index in [9.17, 15) is 14.4 Å². The molecule has 1 atom stereocenters. The van der Waals surface area contributed by atoms with Gasteiger partial charge in [0, 0.05) is 11.1 Å². The van der Waals surface area contributed by atoms with Crippen LogP contribution in [0.25, 0.3) is 11.3 Å². The third kappa shape index (κ3) is 6.74. The van der Waals surface area contributed by atoms with Gasteiger partial charge in [0.2, 0.25) is 5.91 Å². The van der Waals surface area contributed by atoms with E-state index in [2.05, 4.69) is 15.6 Å². The third-order valence-corrected chi connectivity index (χ3v) is 3.87. The molecule has 0 aliphatic rings. The van der Waals surface area contributed by atoms with E-state index < -0.39 is 23.6 Å². The molecule has 2 rings (SSSR count). The molecule has 8 nitrogen and oxygen atoms in total. The molecular formula is C21H27N3O5. The molecular weight excluding hydrogens is 374 g/mol. The minimum atomic E-state index is -0.807. The van der Waals surface area contributed by atoms with E-state index in [0.29, 0.717) is 29.7 Å². The summed E-state index contributed by atoms with van der Waals surface area (Å²) in [4.78, 5) is 40.3. The molecule has 2 amide bonds. The monoisotopic (exact) mass is 401 g/mol. The Balaban J connectivity index is 2.17. The minimum Gasteiger partial charge on any atom is -0.444 e. The lowest BCUT2D eigenvalue weighted by Crippen LogP contribution is -2.46. The van der Waals surface area contributed by atoms with Crippen LogP contribution in [-0.2, 0) is 9.53 Å². The second kappa shape index (κ2) is 9.36. The Kier molecular flexibility index (Phi) is 7.14. The number of rotatable bonds is 7. The molecule has 0 aliphatic heterocycles. The minimum absolute atomic E-state index is 0.153. The predicted octanol–water partition coefficient (Wildman–Crippen LogP) is 4.03. The van der Waals surface area contributed by atoms with Gasteiger partial charge in [-0.1, -0.05) is 13.8 Å². The number of benzene rings is 1. The maximum atomic E-state index is 12.8. The highest BCUT2D eigenvalue weighted by molar-refractivity contribution is 6.00. The molecule has 1 aromatic heterocycles. The molecule has 0 aliphatic carbocycles. The van der Waals surface area contributed by atoms with Crippen molar-refractivity contribution in [2.24, 2.45) is 5.92 Å². The summed E-state index contributed by atoms with van der Waals surface area (Å²) < 4.78 is 10.5. The first kappa shape index (κ1) is 22.1. The van der Waals surface area contributed by atoms with Crippen LogP contribution < -0.4 is 10.6 Å². The number of hydrogen-bond acceptors (Lipinski definition) is 6. The smallest absolute Gasteiger partial charge is 0.408 e. The van der Waals surface area contributed by atoms with Crippen molar-refractivity contribution in [1.82, 2.24) is 10.3 Å². The van der Waals surface area contributed by atoms with Gasteiger partial charge in [-0.2, -0.15) is 0 Å². The number of carbonyl (C=O) groups is 3. The van der Waals surface area contributed by atoms with Crippen molar-refractivity contribution in [1.29, 1.82) is 0 Å². The normalized spacial score (nSPS) is 12.3. The number of aldehydes is 1. The second-order valence-corrected chi connectivity index (χ2v) is 8.10. The Labute approximate surface area is 170 Å². The largest absolute Gasteiger partial charge is 0.444 e. The summed E-state index contributed by atoms with van der Waals surface area (Å²) in [5.74, 6) is 0.232. The van der Waals surface area contributed by atoms with Crippen LogP contribution in [0, 0.1) is 5.92 Å². The molecule has 0 spiro atoms. The van der Waals surface area contributed by atoms with Gasteiger partial charge in [0.1, 0.15) is 11.6 Å². The van der Waals surface area contributed by atoms with E-state index in [4.69, 9.17) is 9.15 Å². The van der Waals surface area contributed by atoms with Gasteiger partial charge in [0.05, 0.1) is 11.9 Å². The highest BCUT2D eigenvalue weighted by atomic mass is 16.6. The molecule has 1 aromatic carbocycles. The number of nitrogens with one attached hydrogen (secondary N) is 2. The number of carbonyl (C=O) groups excluding carboxylic acids is 3. The lowest BCUT2D eigenvalue weighted by molar-refractivity contribution is -0.118. The van der Waals surface area contributed by atoms with Crippen molar-refractivity contribution < 1.29 is 23.5 Å². The van der Waals surface area contributed by atoms with Gasteiger partial charge in [0.25, 0.3) is 0 Å². The average Bonchev–Trinajstić information content (AvgIpc) is 3.14. The van der Waals surface area contributed by atoms with Gasteiger partial charge in [-0.25, -0.2) is 9.78 Å². The zero-order valence-corrected chi connectivity index (χ0v) is 17.3. The van der Waals surface area contributed by atoms with Gasteiger partial charge in [-0.05, 0) is 51.3 Å². The molecule has 0 saturated carbocycles. The van der Waals surface area contributed by atoms with E-state index in [1.54, 1.807) is 39.0 Å². The van der Waals surface area contributed by atoms with Gasteiger partial charge in [0.15, 0.2) is 18.4 Å². The lowest BCUT2D eigenvalue weighted by atomic mass is 10.0. The zero-order chi connectivity index (χ0) is 21.6. The quantitative estimate of drug-likeness (QED) is 0.678. The molecule has 1 unspecified atom stereocenters. The van der Waals surface area contributed by atoms with Crippen LogP contribution in [0.1, 0.15) is 51.4 Å². The van der Waals surface area contributed by atoms with Crippen molar-refractivity contribution >= 4 is 24.0 Å². The van der Waals surface area contributed by atoms with Gasteiger partial charge in [-0.3, -0.25) is 9.59 Å². The first-order chi connectivity index (χ1) is 13.6. The van der Waals surface area contributed by atoms with Crippen LogP contribution in [0.3, 0.4) is 0 Å². The van der Waals surface area contributed by atoms with E-state index in [1.807, 2.05) is 13.8 Å². The standard InChI is InChI=1S/C21H27N3O5/c1-13(2)8-17(24-20(27)29-21(3,4)5)19(26)23-16-7-6-14(9-15(16)11-25)18-10-22-12-28-18/h6-7,9-13,17H,8H2,1-5H3,(H,23,26)(H,24,27). The SMILES string of the molecule is CC(C)CC(NC(=O)OC(C)(C)C)C(=O)Nc1ccc(-c2cnco2)cc1C=O. The molecule has 0 fully saturated rings. The Morgan fingerprint density at radius 3 is 2.55 bits per heavy atom. The van der Waals surface area contributed by atoms with Crippen LogP contribution in [0.4, 0.5) is 10.5 Å². The Bertz CT molecular complexity index is 854. The van der Waals surface area contributed by atoms with Crippen LogP contribution in [0.15, 0.2) is 35.2 Å². The fraction of sp³-hybridized carbons (Fsp3) is 0.429. The molecule has 0 radical (unpaired) electrons. The fourth-order valence-corrected chi connectivity index (χ4v) is 2.66. The number of nitrogens with zero attached hydrogens (tertiary/aromatic N) is 1. The Morgan fingerprint density at radius 1 is 1.28 bits per heavy atom. The van der Waals surface area contributed by atoms with Crippen LogP contribution in [0.2, 0.25) is 0 Å². The summed E-state index contributed by atoms with van der Waals surface area (Å²) in [5, 5.41) is 5.33. The molecule has 2 N–H and O–H groups in total. The highest BCUT2D eigenvalue weighted by Crippen LogP contribution is 2.24. The fourth-order valence-electron chi connectivity index (χ4n) is 2.66. The summed E-state index contributed by atoms with van der Waals surface area (Å²) in [6.07, 6.45) is 3.22. The van der Waals surface area contributed by atoms with Crippen LogP contribution >= 0.6 is 0 Å². The van der Waals surface area contributed by atoms with Gasteiger partial charge < -0.3 is 19.8 Å². The number of aromatic nitrogens is 1. The molecule has 2 aromatic rings. The predicted molar refractivity (Wildman–Crippen MR) is 109 cm³/mol. The Morgan fingerprint density at radius 2 is 2.00 bits per heavy atom. The molecule has 1 heterocycles. The molecule has 8 heteroatoms. The van der Waals surface area contributed by atoms with Crippen LogP contribution in [-0.4, -0.2) is 34.9 Å². The van der Waals surface area contributed by atoms with Crippen molar-refractivity contribution in [3.05, 3.63) is 36.4 Å².